The van der Waals surface area contributed by atoms with E-state index >= 15 is 0 Å². The van der Waals surface area contributed by atoms with E-state index in [0.29, 0.717) is 0 Å². The van der Waals surface area contributed by atoms with Gasteiger partial charge in [-0.25, -0.2) is 0 Å². The predicted molar refractivity (Wildman–Crippen MR) is 54.0 cm³/mol. The quantitative estimate of drug-likeness (QED) is 0.690. The standard InChI is InChI=1S/C11H23N/c1-9-3-5-11(6-4-9)7-10(2)8-12/h9-11H,3-8,12H2,1-2H3. The zero-order valence-electron chi connectivity index (χ0n) is 8.55. The highest BCUT2D eigenvalue weighted by Crippen LogP contribution is 2.31. The maximum absolute atomic E-state index is 5.62. The van der Waals surface area contributed by atoms with Gasteiger partial charge in [0, 0.05) is 0 Å². The Hall–Kier alpha value is -0.0400. The van der Waals surface area contributed by atoms with Crippen molar-refractivity contribution >= 4 is 0 Å². The van der Waals surface area contributed by atoms with E-state index in [9.17, 15) is 0 Å². The highest BCUT2D eigenvalue weighted by Gasteiger charge is 2.19. The van der Waals surface area contributed by atoms with Crippen LogP contribution in [0.15, 0.2) is 0 Å². The van der Waals surface area contributed by atoms with Crippen molar-refractivity contribution in [2.24, 2.45) is 23.5 Å². The molecular weight excluding hydrogens is 146 g/mol. The van der Waals surface area contributed by atoms with Crippen molar-refractivity contribution < 1.29 is 0 Å². The Kier molecular flexibility index (Phi) is 4.07. The van der Waals surface area contributed by atoms with Crippen LogP contribution in [0, 0.1) is 17.8 Å². The first kappa shape index (κ1) is 10.0. The van der Waals surface area contributed by atoms with E-state index in [0.717, 1.165) is 24.3 Å². The van der Waals surface area contributed by atoms with E-state index in [1.54, 1.807) is 0 Å². The molecule has 0 spiro atoms. The molecule has 0 aliphatic heterocycles. The number of hydrogen-bond acceptors (Lipinski definition) is 1. The van der Waals surface area contributed by atoms with Gasteiger partial charge in [0.25, 0.3) is 0 Å². The Morgan fingerprint density at radius 3 is 2.33 bits per heavy atom. The van der Waals surface area contributed by atoms with Crippen LogP contribution >= 0.6 is 0 Å². The molecule has 0 heterocycles. The van der Waals surface area contributed by atoms with Crippen molar-refractivity contribution in [3.05, 3.63) is 0 Å². The first-order chi connectivity index (χ1) is 5.72. The third-order valence-electron chi connectivity index (χ3n) is 3.27. The molecule has 0 aromatic carbocycles. The molecule has 0 aromatic rings. The van der Waals surface area contributed by atoms with Crippen molar-refractivity contribution in [2.45, 2.75) is 46.0 Å². The Balaban J connectivity index is 2.17. The summed E-state index contributed by atoms with van der Waals surface area (Å²) in [4.78, 5) is 0. The molecule has 1 heteroatoms. The minimum atomic E-state index is 0.739. The Bertz CT molecular complexity index is 114. The van der Waals surface area contributed by atoms with E-state index in [1.807, 2.05) is 0 Å². The van der Waals surface area contributed by atoms with Gasteiger partial charge in [0.05, 0.1) is 0 Å². The molecule has 1 rings (SSSR count). The lowest BCUT2D eigenvalue weighted by atomic mass is 9.79. The van der Waals surface area contributed by atoms with Gasteiger partial charge in [0.1, 0.15) is 0 Å². The lowest BCUT2D eigenvalue weighted by Gasteiger charge is -2.27. The summed E-state index contributed by atoms with van der Waals surface area (Å²) in [7, 11) is 0. The second kappa shape index (κ2) is 4.86. The van der Waals surface area contributed by atoms with Gasteiger partial charge < -0.3 is 5.73 Å². The van der Waals surface area contributed by atoms with Crippen LogP contribution in [0.3, 0.4) is 0 Å². The van der Waals surface area contributed by atoms with Gasteiger partial charge >= 0.3 is 0 Å². The van der Waals surface area contributed by atoms with E-state index < -0.39 is 0 Å². The third kappa shape index (κ3) is 3.14. The van der Waals surface area contributed by atoms with E-state index in [4.69, 9.17) is 5.73 Å². The number of hydrogen-bond donors (Lipinski definition) is 1. The van der Waals surface area contributed by atoms with Crippen LogP contribution in [0.25, 0.3) is 0 Å². The molecule has 1 saturated carbocycles. The third-order valence-corrected chi connectivity index (χ3v) is 3.27. The summed E-state index contributed by atoms with van der Waals surface area (Å²) >= 11 is 0. The van der Waals surface area contributed by atoms with Crippen LogP contribution in [0.4, 0.5) is 0 Å². The molecule has 1 unspecified atom stereocenters. The van der Waals surface area contributed by atoms with Crippen LogP contribution < -0.4 is 5.73 Å². The average molecular weight is 169 g/mol. The van der Waals surface area contributed by atoms with Gasteiger partial charge in [-0.15, -0.1) is 0 Å². The summed E-state index contributed by atoms with van der Waals surface area (Å²) in [5.74, 6) is 2.71. The minimum Gasteiger partial charge on any atom is -0.330 e. The SMILES string of the molecule is CC1CCC(CC(C)CN)CC1. The summed E-state index contributed by atoms with van der Waals surface area (Å²) in [5.41, 5.74) is 5.62. The van der Waals surface area contributed by atoms with Crippen LogP contribution in [-0.4, -0.2) is 6.54 Å². The van der Waals surface area contributed by atoms with Gasteiger partial charge in [-0.1, -0.05) is 39.5 Å². The zero-order chi connectivity index (χ0) is 8.97. The Morgan fingerprint density at radius 2 is 1.83 bits per heavy atom. The van der Waals surface area contributed by atoms with Crippen molar-refractivity contribution in [3.63, 3.8) is 0 Å². The fourth-order valence-corrected chi connectivity index (χ4v) is 2.23. The second-order valence-corrected chi connectivity index (χ2v) is 4.70. The molecule has 1 aliphatic carbocycles. The molecular formula is C11H23N. The molecule has 1 fully saturated rings. The van der Waals surface area contributed by atoms with Gasteiger partial charge in [-0.2, -0.15) is 0 Å². The fraction of sp³-hybridized carbons (Fsp3) is 1.00. The minimum absolute atomic E-state index is 0.739. The first-order valence-electron chi connectivity index (χ1n) is 5.42. The normalized spacial score (nSPS) is 33.2. The van der Waals surface area contributed by atoms with Gasteiger partial charge in [0.15, 0.2) is 0 Å². The first-order valence-corrected chi connectivity index (χ1v) is 5.42. The topological polar surface area (TPSA) is 26.0 Å². The van der Waals surface area contributed by atoms with Crippen LogP contribution in [-0.2, 0) is 0 Å². The molecule has 1 aliphatic rings. The van der Waals surface area contributed by atoms with Crippen molar-refractivity contribution in [3.8, 4) is 0 Å². The highest BCUT2D eigenvalue weighted by atomic mass is 14.5. The van der Waals surface area contributed by atoms with Crippen molar-refractivity contribution in [1.29, 1.82) is 0 Å². The lowest BCUT2D eigenvalue weighted by Crippen LogP contribution is -2.19. The smallest absolute Gasteiger partial charge is 0.00514 e. The van der Waals surface area contributed by atoms with Gasteiger partial charge in [-0.3, -0.25) is 0 Å². The summed E-state index contributed by atoms with van der Waals surface area (Å²) in [5, 5.41) is 0. The highest BCUT2D eigenvalue weighted by molar-refractivity contribution is 4.72. The summed E-state index contributed by atoms with van der Waals surface area (Å²) < 4.78 is 0. The molecule has 0 radical (unpaired) electrons. The molecule has 0 saturated heterocycles. The van der Waals surface area contributed by atoms with E-state index in [2.05, 4.69) is 13.8 Å². The van der Waals surface area contributed by atoms with Crippen LogP contribution in [0.1, 0.15) is 46.0 Å². The van der Waals surface area contributed by atoms with Gasteiger partial charge in [0.2, 0.25) is 0 Å². The van der Waals surface area contributed by atoms with Crippen molar-refractivity contribution in [1.82, 2.24) is 0 Å². The number of nitrogens with two attached hydrogens (primary N) is 1. The summed E-state index contributed by atoms with van der Waals surface area (Å²) in [6.45, 7) is 5.52. The molecule has 0 aromatic heterocycles. The molecule has 12 heavy (non-hydrogen) atoms. The summed E-state index contributed by atoms with van der Waals surface area (Å²) in [6, 6.07) is 0. The Labute approximate surface area is 76.7 Å². The molecule has 1 nitrogen and oxygen atoms in total. The Morgan fingerprint density at radius 1 is 1.25 bits per heavy atom. The summed E-state index contributed by atoms with van der Waals surface area (Å²) in [6.07, 6.45) is 7.16. The average Bonchev–Trinajstić information content (AvgIpc) is 2.09. The van der Waals surface area contributed by atoms with Crippen molar-refractivity contribution in [2.75, 3.05) is 6.54 Å². The van der Waals surface area contributed by atoms with Crippen LogP contribution in [0.2, 0.25) is 0 Å². The fourth-order valence-electron chi connectivity index (χ4n) is 2.23. The maximum Gasteiger partial charge on any atom is -0.00514 e. The molecule has 1 atom stereocenters. The predicted octanol–water partition coefficient (Wildman–Crippen LogP) is 2.80. The maximum atomic E-state index is 5.62. The molecule has 2 N–H and O–H groups in total. The monoisotopic (exact) mass is 169 g/mol. The molecule has 72 valence electrons. The molecule has 0 amide bonds. The second-order valence-electron chi connectivity index (χ2n) is 4.70. The van der Waals surface area contributed by atoms with Crippen LogP contribution in [0.5, 0.6) is 0 Å². The molecule has 0 bridgehead atoms. The van der Waals surface area contributed by atoms with Gasteiger partial charge in [-0.05, 0) is 30.7 Å². The largest absolute Gasteiger partial charge is 0.330 e. The lowest BCUT2D eigenvalue weighted by molar-refractivity contribution is 0.253. The van der Waals surface area contributed by atoms with E-state index in [-0.39, 0.29) is 0 Å². The van der Waals surface area contributed by atoms with E-state index in [1.165, 1.54) is 32.1 Å². The zero-order valence-corrected chi connectivity index (χ0v) is 8.55. The number of rotatable bonds is 3.